The molecule has 4 N–H and O–H groups in total. The minimum atomic E-state index is 0.0105. The molecule has 1 aromatic heterocycles. The number of para-hydroxylation sites is 1. The predicted molar refractivity (Wildman–Crippen MR) is 124 cm³/mol. The number of nitrogens with zero attached hydrogens (tertiary/aromatic N) is 3. The van der Waals surface area contributed by atoms with Crippen LogP contribution in [0.1, 0.15) is 18.9 Å². The first-order chi connectivity index (χ1) is 15.1. The summed E-state index contributed by atoms with van der Waals surface area (Å²) in [5, 5.41) is 24.3. The SMILES string of the molecule is CC[C@@H](N)CNc1nc(-c2cc(-c3ccccc3C#N)ccc2O)nc2ccccc12. The molecule has 0 saturated heterocycles. The van der Waals surface area contributed by atoms with E-state index in [1.54, 1.807) is 18.2 Å². The van der Waals surface area contributed by atoms with Crippen LogP contribution < -0.4 is 11.1 Å². The van der Waals surface area contributed by atoms with Crippen LogP contribution in [0.4, 0.5) is 5.82 Å². The minimum Gasteiger partial charge on any atom is -0.507 e. The summed E-state index contributed by atoms with van der Waals surface area (Å²) in [7, 11) is 0. The van der Waals surface area contributed by atoms with E-state index in [-0.39, 0.29) is 11.8 Å². The van der Waals surface area contributed by atoms with Gasteiger partial charge in [0.05, 0.1) is 22.7 Å². The summed E-state index contributed by atoms with van der Waals surface area (Å²) < 4.78 is 0. The lowest BCUT2D eigenvalue weighted by Gasteiger charge is -2.15. The molecule has 0 aliphatic carbocycles. The number of benzene rings is 3. The molecule has 0 fully saturated rings. The molecule has 6 nitrogen and oxygen atoms in total. The van der Waals surface area contributed by atoms with Gasteiger partial charge in [-0.2, -0.15) is 5.26 Å². The molecule has 0 aliphatic rings. The van der Waals surface area contributed by atoms with Crippen molar-refractivity contribution < 1.29 is 5.11 Å². The second kappa shape index (κ2) is 8.82. The Hall–Kier alpha value is -3.95. The summed E-state index contributed by atoms with van der Waals surface area (Å²) in [6, 6.07) is 22.5. The van der Waals surface area contributed by atoms with Crippen molar-refractivity contribution in [1.82, 2.24) is 9.97 Å². The number of phenols is 1. The fraction of sp³-hybridized carbons (Fsp3) is 0.160. The van der Waals surface area contributed by atoms with Crippen molar-refractivity contribution in [3.63, 3.8) is 0 Å². The van der Waals surface area contributed by atoms with E-state index in [0.29, 0.717) is 29.3 Å². The maximum absolute atomic E-state index is 10.6. The highest BCUT2D eigenvalue weighted by atomic mass is 16.3. The maximum atomic E-state index is 10.6. The minimum absolute atomic E-state index is 0.0105. The summed E-state index contributed by atoms with van der Waals surface area (Å²) in [6.45, 7) is 2.62. The summed E-state index contributed by atoms with van der Waals surface area (Å²) in [4.78, 5) is 9.40. The number of hydrogen-bond acceptors (Lipinski definition) is 6. The van der Waals surface area contributed by atoms with Gasteiger partial charge in [-0.05, 0) is 47.9 Å². The molecular weight excluding hydrogens is 386 g/mol. The summed E-state index contributed by atoms with van der Waals surface area (Å²) >= 11 is 0. The lowest BCUT2D eigenvalue weighted by Crippen LogP contribution is -2.28. The van der Waals surface area contributed by atoms with E-state index in [2.05, 4.69) is 16.4 Å². The quantitative estimate of drug-likeness (QED) is 0.426. The average molecular weight is 409 g/mol. The standard InChI is InChI=1S/C25H23N5O/c1-2-18(27)15-28-24-20-9-5-6-10-22(20)29-25(30-24)21-13-16(11-12-23(21)31)19-8-4-3-7-17(19)14-26/h3-13,18,31H,2,15,27H2,1H3,(H,28,29,30)/t18-/m1/s1. The Morgan fingerprint density at radius 1 is 1.03 bits per heavy atom. The van der Waals surface area contributed by atoms with Crippen molar-refractivity contribution in [3.8, 4) is 34.3 Å². The Balaban J connectivity index is 1.84. The van der Waals surface area contributed by atoms with Crippen molar-refractivity contribution in [3.05, 3.63) is 72.3 Å². The van der Waals surface area contributed by atoms with E-state index in [0.717, 1.165) is 28.5 Å². The number of aromatic nitrogens is 2. The molecule has 0 amide bonds. The van der Waals surface area contributed by atoms with Crippen molar-refractivity contribution in [2.24, 2.45) is 5.73 Å². The van der Waals surface area contributed by atoms with Crippen molar-refractivity contribution in [1.29, 1.82) is 5.26 Å². The van der Waals surface area contributed by atoms with Crippen LogP contribution in [0.25, 0.3) is 33.4 Å². The molecule has 3 aromatic carbocycles. The maximum Gasteiger partial charge on any atom is 0.165 e. The number of fused-ring (bicyclic) bond motifs is 1. The van der Waals surface area contributed by atoms with Crippen molar-refractivity contribution in [2.45, 2.75) is 19.4 Å². The summed E-state index contributed by atoms with van der Waals surface area (Å²) in [5.74, 6) is 1.15. The Morgan fingerprint density at radius 2 is 1.81 bits per heavy atom. The van der Waals surface area contributed by atoms with Gasteiger partial charge in [-0.25, -0.2) is 9.97 Å². The van der Waals surface area contributed by atoms with Gasteiger partial charge in [0, 0.05) is 18.0 Å². The molecule has 0 radical (unpaired) electrons. The molecule has 0 saturated carbocycles. The highest BCUT2D eigenvalue weighted by molar-refractivity contribution is 5.91. The lowest BCUT2D eigenvalue weighted by molar-refractivity contribution is 0.477. The summed E-state index contributed by atoms with van der Waals surface area (Å²) in [5.41, 5.74) is 9.51. The Bertz CT molecular complexity index is 1280. The second-order valence-electron chi connectivity index (χ2n) is 7.35. The van der Waals surface area contributed by atoms with Gasteiger partial charge in [0.15, 0.2) is 5.82 Å². The summed E-state index contributed by atoms with van der Waals surface area (Å²) in [6.07, 6.45) is 0.851. The molecule has 4 rings (SSSR count). The smallest absolute Gasteiger partial charge is 0.165 e. The van der Waals surface area contributed by atoms with Crippen LogP contribution in [0.15, 0.2) is 66.7 Å². The monoisotopic (exact) mass is 409 g/mol. The van der Waals surface area contributed by atoms with E-state index in [1.165, 1.54) is 0 Å². The van der Waals surface area contributed by atoms with Gasteiger partial charge in [-0.15, -0.1) is 0 Å². The first-order valence-electron chi connectivity index (χ1n) is 10.2. The van der Waals surface area contributed by atoms with Crippen LogP contribution in [0.5, 0.6) is 5.75 Å². The Morgan fingerprint density at radius 3 is 2.61 bits per heavy atom. The predicted octanol–water partition coefficient (Wildman–Crippen LogP) is 4.69. The molecule has 6 heteroatoms. The van der Waals surface area contributed by atoms with Crippen molar-refractivity contribution in [2.75, 3.05) is 11.9 Å². The largest absolute Gasteiger partial charge is 0.507 e. The lowest BCUT2D eigenvalue weighted by atomic mass is 9.98. The zero-order chi connectivity index (χ0) is 21.8. The number of phenolic OH excluding ortho intramolecular Hbond substituents is 1. The fourth-order valence-electron chi connectivity index (χ4n) is 3.42. The van der Waals surface area contributed by atoms with Crippen LogP contribution >= 0.6 is 0 Å². The number of nitriles is 1. The number of rotatable bonds is 6. The first-order valence-corrected chi connectivity index (χ1v) is 10.2. The first kappa shape index (κ1) is 20.3. The van der Waals surface area contributed by atoms with E-state index >= 15 is 0 Å². The Kier molecular flexibility index (Phi) is 5.78. The van der Waals surface area contributed by atoms with Gasteiger partial charge in [0.25, 0.3) is 0 Å². The third-order valence-corrected chi connectivity index (χ3v) is 5.26. The van der Waals surface area contributed by atoms with Crippen molar-refractivity contribution >= 4 is 16.7 Å². The van der Waals surface area contributed by atoms with Gasteiger partial charge in [-0.3, -0.25) is 0 Å². The molecule has 1 heterocycles. The zero-order valence-electron chi connectivity index (χ0n) is 17.2. The number of aromatic hydroxyl groups is 1. The van der Waals surface area contributed by atoms with Crippen LogP contribution in [0, 0.1) is 11.3 Å². The molecule has 31 heavy (non-hydrogen) atoms. The molecule has 0 unspecified atom stereocenters. The zero-order valence-corrected chi connectivity index (χ0v) is 17.2. The van der Waals surface area contributed by atoms with Gasteiger partial charge in [0.2, 0.25) is 0 Å². The highest BCUT2D eigenvalue weighted by Gasteiger charge is 2.15. The molecular formula is C25H23N5O. The van der Waals surface area contributed by atoms with Crippen LogP contribution in [-0.4, -0.2) is 27.7 Å². The van der Waals surface area contributed by atoms with Crippen LogP contribution in [0.3, 0.4) is 0 Å². The molecule has 4 aromatic rings. The molecule has 0 bridgehead atoms. The van der Waals surface area contributed by atoms with E-state index in [4.69, 9.17) is 10.7 Å². The number of anilines is 1. The number of hydrogen-bond donors (Lipinski definition) is 3. The van der Waals surface area contributed by atoms with Gasteiger partial charge in [0.1, 0.15) is 11.6 Å². The number of nitrogens with two attached hydrogens (primary N) is 1. The third kappa shape index (κ3) is 4.18. The van der Waals surface area contributed by atoms with Crippen LogP contribution in [0.2, 0.25) is 0 Å². The fourth-order valence-corrected chi connectivity index (χ4v) is 3.42. The Labute approximate surface area is 181 Å². The normalized spacial score (nSPS) is 11.8. The highest BCUT2D eigenvalue weighted by Crippen LogP contribution is 2.34. The van der Waals surface area contributed by atoms with Gasteiger partial charge >= 0.3 is 0 Å². The second-order valence-corrected chi connectivity index (χ2v) is 7.35. The molecule has 1 atom stereocenters. The van der Waals surface area contributed by atoms with Crippen LogP contribution in [-0.2, 0) is 0 Å². The van der Waals surface area contributed by atoms with Gasteiger partial charge in [-0.1, -0.05) is 43.3 Å². The molecule has 0 aliphatic heterocycles. The van der Waals surface area contributed by atoms with E-state index < -0.39 is 0 Å². The topological polar surface area (TPSA) is 108 Å². The molecule has 0 spiro atoms. The van der Waals surface area contributed by atoms with Gasteiger partial charge < -0.3 is 16.2 Å². The van der Waals surface area contributed by atoms with E-state index in [9.17, 15) is 10.4 Å². The number of nitrogens with one attached hydrogen (secondary N) is 1. The third-order valence-electron chi connectivity index (χ3n) is 5.26. The molecule has 154 valence electrons. The average Bonchev–Trinajstić information content (AvgIpc) is 2.82. The van der Waals surface area contributed by atoms with E-state index in [1.807, 2.05) is 55.5 Å².